The minimum atomic E-state index is 0.108. The maximum Gasteiger partial charge on any atom is 0.257 e. The van der Waals surface area contributed by atoms with Gasteiger partial charge in [0.1, 0.15) is 11.5 Å². The summed E-state index contributed by atoms with van der Waals surface area (Å²) in [5.74, 6) is 1.68. The summed E-state index contributed by atoms with van der Waals surface area (Å²) in [7, 11) is 0. The average molecular weight is 326 g/mol. The van der Waals surface area contributed by atoms with Crippen molar-refractivity contribution in [1.29, 1.82) is 0 Å². The summed E-state index contributed by atoms with van der Waals surface area (Å²) in [4.78, 5) is 14.8. The first kappa shape index (κ1) is 16.6. The largest absolute Gasteiger partial charge is 0.466 e. The van der Waals surface area contributed by atoms with E-state index in [0.29, 0.717) is 6.04 Å². The average Bonchev–Trinajstić information content (AvgIpc) is 2.82. The lowest BCUT2D eigenvalue weighted by atomic mass is 10.0. The molecule has 4 nitrogen and oxygen atoms in total. The van der Waals surface area contributed by atoms with Crippen LogP contribution in [-0.2, 0) is 0 Å². The highest BCUT2D eigenvalue weighted by molar-refractivity contribution is 5.97. The number of para-hydroxylation sites is 1. The lowest BCUT2D eigenvalue weighted by molar-refractivity contribution is 0.0716. The number of benzene rings is 1. The third-order valence-electron chi connectivity index (χ3n) is 5.06. The molecule has 0 spiro atoms. The molecule has 1 N–H and O–H groups in total. The van der Waals surface area contributed by atoms with Gasteiger partial charge in [0.25, 0.3) is 5.91 Å². The summed E-state index contributed by atoms with van der Waals surface area (Å²) in [6, 6.07) is 8.77. The Bertz CT molecular complexity index is 740. The van der Waals surface area contributed by atoms with Crippen molar-refractivity contribution < 1.29 is 9.21 Å². The number of carbonyl (C=O) groups is 1. The van der Waals surface area contributed by atoms with E-state index in [1.54, 1.807) is 0 Å². The molecule has 1 aromatic heterocycles. The standard InChI is InChI=1S/C20H26N2O2/c1-13-7-5-6-8-18(13)21-17-9-11-22(12-10-17)20(23)19-14(2)15(3)24-16(19)4/h5-8,17,21H,9-12H2,1-4H3. The van der Waals surface area contributed by atoms with E-state index >= 15 is 0 Å². The molecule has 0 radical (unpaired) electrons. The fraction of sp³-hybridized carbons (Fsp3) is 0.450. The van der Waals surface area contributed by atoms with E-state index in [0.717, 1.165) is 48.6 Å². The van der Waals surface area contributed by atoms with E-state index in [9.17, 15) is 4.79 Å². The van der Waals surface area contributed by atoms with Crippen LogP contribution in [0.3, 0.4) is 0 Å². The van der Waals surface area contributed by atoms with Crippen LogP contribution in [0, 0.1) is 27.7 Å². The van der Waals surface area contributed by atoms with Gasteiger partial charge in [-0.25, -0.2) is 0 Å². The molecule has 1 aromatic carbocycles. The van der Waals surface area contributed by atoms with E-state index in [-0.39, 0.29) is 5.91 Å². The molecule has 3 rings (SSSR count). The normalized spacial score (nSPS) is 15.6. The molecule has 0 saturated carbocycles. The number of likely N-dealkylation sites (tertiary alicyclic amines) is 1. The fourth-order valence-corrected chi connectivity index (χ4v) is 3.45. The minimum Gasteiger partial charge on any atom is -0.466 e. The Hall–Kier alpha value is -2.23. The Balaban J connectivity index is 1.63. The van der Waals surface area contributed by atoms with E-state index in [4.69, 9.17) is 4.42 Å². The zero-order chi connectivity index (χ0) is 17.3. The molecule has 1 saturated heterocycles. The third-order valence-corrected chi connectivity index (χ3v) is 5.06. The second-order valence-electron chi connectivity index (χ2n) is 6.74. The second kappa shape index (κ2) is 6.71. The summed E-state index contributed by atoms with van der Waals surface area (Å²) < 4.78 is 5.61. The lowest BCUT2D eigenvalue weighted by Crippen LogP contribution is -2.42. The van der Waals surface area contributed by atoms with Crippen LogP contribution >= 0.6 is 0 Å². The topological polar surface area (TPSA) is 45.5 Å². The molecule has 24 heavy (non-hydrogen) atoms. The van der Waals surface area contributed by atoms with Gasteiger partial charge in [-0.05, 0) is 52.2 Å². The van der Waals surface area contributed by atoms with Crippen LogP contribution in [0.1, 0.15) is 45.8 Å². The Morgan fingerprint density at radius 3 is 2.33 bits per heavy atom. The number of carbonyl (C=O) groups excluding carboxylic acids is 1. The quantitative estimate of drug-likeness (QED) is 0.918. The molecular weight excluding hydrogens is 300 g/mol. The number of amides is 1. The van der Waals surface area contributed by atoms with Gasteiger partial charge in [-0.15, -0.1) is 0 Å². The van der Waals surface area contributed by atoms with Gasteiger partial charge in [-0.3, -0.25) is 4.79 Å². The fourth-order valence-electron chi connectivity index (χ4n) is 3.45. The van der Waals surface area contributed by atoms with E-state index in [1.807, 2.05) is 25.7 Å². The lowest BCUT2D eigenvalue weighted by Gasteiger charge is -2.33. The molecule has 1 aliphatic rings. The first-order valence-electron chi connectivity index (χ1n) is 8.65. The number of rotatable bonds is 3. The molecule has 2 aromatic rings. The molecule has 1 fully saturated rings. The van der Waals surface area contributed by atoms with Crippen LogP contribution in [0.5, 0.6) is 0 Å². The molecular formula is C20H26N2O2. The SMILES string of the molecule is Cc1ccccc1NC1CCN(C(=O)c2c(C)oc(C)c2C)CC1. The number of hydrogen-bond donors (Lipinski definition) is 1. The molecule has 2 heterocycles. The first-order chi connectivity index (χ1) is 11.5. The van der Waals surface area contributed by atoms with Crippen molar-refractivity contribution in [3.8, 4) is 0 Å². The molecule has 0 atom stereocenters. The van der Waals surface area contributed by atoms with Crippen LogP contribution in [-0.4, -0.2) is 29.9 Å². The van der Waals surface area contributed by atoms with E-state index < -0.39 is 0 Å². The van der Waals surface area contributed by atoms with Gasteiger partial charge >= 0.3 is 0 Å². The van der Waals surface area contributed by atoms with Gasteiger partial charge in [0.2, 0.25) is 0 Å². The number of aryl methyl sites for hydroxylation is 3. The Morgan fingerprint density at radius 2 is 1.75 bits per heavy atom. The van der Waals surface area contributed by atoms with Crippen molar-refractivity contribution in [1.82, 2.24) is 4.90 Å². The second-order valence-corrected chi connectivity index (χ2v) is 6.74. The predicted molar refractivity (Wildman–Crippen MR) is 96.6 cm³/mol. The van der Waals surface area contributed by atoms with Gasteiger partial charge in [-0.1, -0.05) is 18.2 Å². The van der Waals surface area contributed by atoms with Gasteiger partial charge in [0, 0.05) is 30.4 Å². The molecule has 4 heteroatoms. The van der Waals surface area contributed by atoms with Gasteiger partial charge in [-0.2, -0.15) is 0 Å². The van der Waals surface area contributed by atoms with Crippen molar-refractivity contribution in [3.05, 3.63) is 52.5 Å². The van der Waals surface area contributed by atoms with Crippen molar-refractivity contribution in [2.45, 2.75) is 46.6 Å². The van der Waals surface area contributed by atoms with Crippen molar-refractivity contribution in [3.63, 3.8) is 0 Å². The smallest absolute Gasteiger partial charge is 0.257 e. The van der Waals surface area contributed by atoms with Crippen LogP contribution in [0.2, 0.25) is 0 Å². The Kier molecular flexibility index (Phi) is 4.65. The number of nitrogens with one attached hydrogen (secondary N) is 1. The van der Waals surface area contributed by atoms with Crippen LogP contribution < -0.4 is 5.32 Å². The van der Waals surface area contributed by atoms with Crippen LogP contribution in [0.4, 0.5) is 5.69 Å². The maximum absolute atomic E-state index is 12.8. The highest BCUT2D eigenvalue weighted by atomic mass is 16.3. The van der Waals surface area contributed by atoms with Crippen molar-refractivity contribution in [2.75, 3.05) is 18.4 Å². The zero-order valence-electron chi connectivity index (χ0n) is 15.0. The molecule has 0 unspecified atom stereocenters. The summed E-state index contributed by atoms with van der Waals surface area (Å²) in [5.41, 5.74) is 4.17. The minimum absolute atomic E-state index is 0.108. The Morgan fingerprint density at radius 1 is 1.08 bits per heavy atom. The van der Waals surface area contributed by atoms with E-state index in [2.05, 4.69) is 36.5 Å². The summed E-state index contributed by atoms with van der Waals surface area (Å²) in [6.45, 7) is 9.44. The van der Waals surface area contributed by atoms with Crippen molar-refractivity contribution in [2.24, 2.45) is 0 Å². The van der Waals surface area contributed by atoms with E-state index in [1.165, 1.54) is 11.3 Å². The number of anilines is 1. The maximum atomic E-state index is 12.8. The summed E-state index contributed by atoms with van der Waals surface area (Å²) in [5, 5.41) is 3.62. The summed E-state index contributed by atoms with van der Waals surface area (Å²) in [6.07, 6.45) is 1.93. The third kappa shape index (κ3) is 3.18. The number of nitrogens with zero attached hydrogens (tertiary/aromatic N) is 1. The molecule has 1 aliphatic heterocycles. The molecule has 0 aliphatic carbocycles. The number of piperidine rings is 1. The molecule has 0 bridgehead atoms. The number of hydrogen-bond acceptors (Lipinski definition) is 3. The van der Waals surface area contributed by atoms with Crippen LogP contribution in [0.15, 0.2) is 28.7 Å². The number of furan rings is 1. The highest BCUT2D eigenvalue weighted by Gasteiger charge is 2.27. The van der Waals surface area contributed by atoms with Crippen molar-refractivity contribution >= 4 is 11.6 Å². The van der Waals surface area contributed by atoms with Gasteiger partial charge in [0.15, 0.2) is 0 Å². The van der Waals surface area contributed by atoms with Gasteiger partial charge in [0.05, 0.1) is 5.56 Å². The predicted octanol–water partition coefficient (Wildman–Crippen LogP) is 4.23. The highest BCUT2D eigenvalue weighted by Crippen LogP contribution is 2.25. The van der Waals surface area contributed by atoms with Crippen LogP contribution in [0.25, 0.3) is 0 Å². The summed E-state index contributed by atoms with van der Waals surface area (Å²) >= 11 is 0. The molecule has 128 valence electrons. The molecule has 1 amide bonds. The van der Waals surface area contributed by atoms with Gasteiger partial charge < -0.3 is 14.6 Å². The zero-order valence-corrected chi connectivity index (χ0v) is 15.0. The Labute approximate surface area is 143 Å². The first-order valence-corrected chi connectivity index (χ1v) is 8.65. The monoisotopic (exact) mass is 326 g/mol.